The van der Waals surface area contributed by atoms with E-state index in [2.05, 4.69) is 0 Å². The Morgan fingerprint density at radius 3 is 2.40 bits per heavy atom. The fraction of sp³-hybridized carbons (Fsp3) is 0.455. The first-order chi connectivity index (χ1) is 7.05. The minimum Gasteiger partial charge on any atom is -0.330 e. The fourth-order valence-electron chi connectivity index (χ4n) is 1.75. The molecular formula is C11H15NO2S. The number of rotatable bonds is 3. The highest BCUT2D eigenvalue weighted by Gasteiger charge is 2.46. The first-order valence-corrected chi connectivity index (χ1v) is 6.61. The highest BCUT2D eigenvalue weighted by atomic mass is 32.2. The van der Waals surface area contributed by atoms with Crippen molar-refractivity contribution in [2.75, 3.05) is 6.54 Å². The molecule has 0 aliphatic heterocycles. The number of hydrogen-bond donors (Lipinski definition) is 1. The van der Waals surface area contributed by atoms with Crippen LogP contribution in [-0.2, 0) is 9.84 Å². The third kappa shape index (κ3) is 1.92. The van der Waals surface area contributed by atoms with E-state index in [4.69, 9.17) is 5.73 Å². The third-order valence-corrected chi connectivity index (χ3v) is 5.21. The van der Waals surface area contributed by atoms with Gasteiger partial charge in [-0.25, -0.2) is 8.42 Å². The van der Waals surface area contributed by atoms with Crippen molar-refractivity contribution in [1.82, 2.24) is 0 Å². The molecule has 1 aromatic carbocycles. The zero-order chi connectivity index (χ0) is 11.1. The topological polar surface area (TPSA) is 60.2 Å². The van der Waals surface area contributed by atoms with E-state index >= 15 is 0 Å². The summed E-state index contributed by atoms with van der Waals surface area (Å²) in [6.45, 7) is 2.41. The predicted octanol–water partition coefficient (Wildman–Crippen LogP) is 1.12. The molecule has 0 saturated heterocycles. The van der Waals surface area contributed by atoms with Crippen LogP contribution in [-0.4, -0.2) is 20.2 Å². The lowest BCUT2D eigenvalue weighted by molar-refractivity contribution is 0.592. The van der Waals surface area contributed by atoms with Crippen LogP contribution in [0.5, 0.6) is 0 Å². The van der Waals surface area contributed by atoms with Crippen molar-refractivity contribution in [1.29, 1.82) is 0 Å². The van der Waals surface area contributed by atoms with Crippen molar-refractivity contribution >= 4 is 9.84 Å². The molecule has 82 valence electrons. The molecule has 3 nitrogen and oxygen atoms in total. The zero-order valence-corrected chi connectivity index (χ0v) is 9.50. The second-order valence-corrected chi connectivity index (χ2v) is 6.29. The largest absolute Gasteiger partial charge is 0.330 e. The minimum atomic E-state index is -3.12. The van der Waals surface area contributed by atoms with Crippen LogP contribution in [0.4, 0.5) is 0 Å². The summed E-state index contributed by atoms with van der Waals surface area (Å²) < 4.78 is 24.0. The molecule has 1 fully saturated rings. The van der Waals surface area contributed by atoms with Gasteiger partial charge in [0.15, 0.2) is 9.84 Å². The van der Waals surface area contributed by atoms with Gasteiger partial charge in [-0.15, -0.1) is 0 Å². The standard InChI is InChI=1S/C11H15NO2S/c1-8-2-4-10(5-3-8)15(13,14)11-6-9(11)7-12/h2-5,9,11H,6-7,12H2,1H3/t9-,11+/m1/s1. The summed E-state index contributed by atoms with van der Waals surface area (Å²) in [7, 11) is -3.12. The van der Waals surface area contributed by atoms with Gasteiger partial charge in [-0.1, -0.05) is 17.7 Å². The Kier molecular flexibility index (Phi) is 2.56. The molecule has 0 amide bonds. The summed E-state index contributed by atoms with van der Waals surface area (Å²) in [5.41, 5.74) is 6.53. The fourth-order valence-corrected chi connectivity index (χ4v) is 3.73. The molecule has 2 rings (SSSR count). The van der Waals surface area contributed by atoms with Gasteiger partial charge in [0, 0.05) is 0 Å². The van der Waals surface area contributed by atoms with Crippen molar-refractivity contribution < 1.29 is 8.42 Å². The van der Waals surface area contributed by atoms with Gasteiger partial charge in [-0.3, -0.25) is 0 Å². The van der Waals surface area contributed by atoms with E-state index in [1.54, 1.807) is 12.1 Å². The molecule has 4 heteroatoms. The number of benzene rings is 1. The predicted molar refractivity (Wildman–Crippen MR) is 59.3 cm³/mol. The first kappa shape index (κ1) is 10.6. The number of nitrogens with two attached hydrogens (primary N) is 1. The van der Waals surface area contributed by atoms with Gasteiger partial charge in [0.2, 0.25) is 0 Å². The zero-order valence-electron chi connectivity index (χ0n) is 8.68. The van der Waals surface area contributed by atoms with E-state index in [0.717, 1.165) is 5.56 Å². The van der Waals surface area contributed by atoms with E-state index in [1.165, 1.54) is 0 Å². The van der Waals surface area contributed by atoms with Crippen molar-refractivity contribution in [3.05, 3.63) is 29.8 Å². The Morgan fingerprint density at radius 2 is 1.93 bits per heavy atom. The Hall–Kier alpha value is -0.870. The van der Waals surface area contributed by atoms with Crippen molar-refractivity contribution in [2.45, 2.75) is 23.5 Å². The maximum atomic E-state index is 12.0. The quantitative estimate of drug-likeness (QED) is 0.838. The molecule has 0 unspecified atom stereocenters. The molecule has 2 atom stereocenters. The first-order valence-electron chi connectivity index (χ1n) is 5.06. The van der Waals surface area contributed by atoms with Crippen LogP contribution in [0, 0.1) is 12.8 Å². The average molecular weight is 225 g/mol. The summed E-state index contributed by atoms with van der Waals surface area (Å²) in [4.78, 5) is 0.425. The van der Waals surface area contributed by atoms with Gasteiger partial charge in [-0.2, -0.15) is 0 Å². The SMILES string of the molecule is Cc1ccc(S(=O)(=O)[C@H]2C[C@@H]2CN)cc1. The molecule has 0 spiro atoms. The normalized spacial score (nSPS) is 25.2. The second kappa shape index (κ2) is 3.61. The lowest BCUT2D eigenvalue weighted by Crippen LogP contribution is -2.13. The molecular weight excluding hydrogens is 210 g/mol. The molecule has 1 saturated carbocycles. The Morgan fingerprint density at radius 1 is 1.33 bits per heavy atom. The molecule has 0 radical (unpaired) electrons. The lowest BCUT2D eigenvalue weighted by atomic mass is 10.2. The molecule has 1 aliphatic rings. The van der Waals surface area contributed by atoms with Gasteiger partial charge >= 0.3 is 0 Å². The van der Waals surface area contributed by atoms with Crippen molar-refractivity contribution in [3.8, 4) is 0 Å². The Balaban J connectivity index is 2.27. The summed E-state index contributed by atoms with van der Waals surface area (Å²) in [5.74, 6) is 0.163. The van der Waals surface area contributed by atoms with Crippen LogP contribution in [0.3, 0.4) is 0 Å². The maximum Gasteiger partial charge on any atom is 0.181 e. The van der Waals surface area contributed by atoms with E-state index in [1.807, 2.05) is 19.1 Å². The molecule has 0 heterocycles. The van der Waals surface area contributed by atoms with Crippen LogP contribution in [0.25, 0.3) is 0 Å². The summed E-state index contributed by atoms with van der Waals surface area (Å²) >= 11 is 0. The van der Waals surface area contributed by atoms with E-state index in [0.29, 0.717) is 17.9 Å². The summed E-state index contributed by atoms with van der Waals surface area (Å²) in [5, 5.41) is -0.245. The van der Waals surface area contributed by atoms with Gasteiger partial charge in [-0.05, 0) is 37.9 Å². The van der Waals surface area contributed by atoms with Gasteiger partial charge in [0.25, 0.3) is 0 Å². The highest BCUT2D eigenvalue weighted by molar-refractivity contribution is 7.92. The number of sulfone groups is 1. The lowest BCUT2D eigenvalue weighted by Gasteiger charge is -2.03. The van der Waals surface area contributed by atoms with Gasteiger partial charge in [0.05, 0.1) is 10.1 Å². The van der Waals surface area contributed by atoms with Gasteiger partial charge in [0.1, 0.15) is 0 Å². The highest BCUT2D eigenvalue weighted by Crippen LogP contribution is 2.39. The van der Waals surface area contributed by atoms with Gasteiger partial charge < -0.3 is 5.73 Å². The van der Waals surface area contributed by atoms with Crippen molar-refractivity contribution in [2.24, 2.45) is 11.7 Å². The van der Waals surface area contributed by atoms with Crippen molar-refractivity contribution in [3.63, 3.8) is 0 Å². The third-order valence-electron chi connectivity index (χ3n) is 2.91. The molecule has 1 aliphatic carbocycles. The Bertz CT molecular complexity index is 450. The molecule has 2 N–H and O–H groups in total. The average Bonchev–Trinajstić information content (AvgIpc) is 2.98. The molecule has 0 bridgehead atoms. The molecule has 0 aromatic heterocycles. The number of hydrogen-bond acceptors (Lipinski definition) is 3. The summed E-state index contributed by atoms with van der Waals surface area (Å²) in [6, 6.07) is 7.01. The smallest absolute Gasteiger partial charge is 0.181 e. The maximum absolute atomic E-state index is 12.0. The van der Waals surface area contributed by atoms with E-state index < -0.39 is 9.84 Å². The van der Waals surface area contributed by atoms with E-state index in [-0.39, 0.29) is 11.2 Å². The van der Waals surface area contributed by atoms with Crippen LogP contribution in [0.1, 0.15) is 12.0 Å². The molecule has 1 aromatic rings. The molecule has 15 heavy (non-hydrogen) atoms. The Labute approximate surface area is 90.2 Å². The monoisotopic (exact) mass is 225 g/mol. The summed E-state index contributed by atoms with van der Waals surface area (Å²) in [6.07, 6.45) is 0.715. The van der Waals surface area contributed by atoms with Crippen LogP contribution in [0.2, 0.25) is 0 Å². The van der Waals surface area contributed by atoms with Crippen LogP contribution in [0.15, 0.2) is 29.2 Å². The van der Waals surface area contributed by atoms with E-state index in [9.17, 15) is 8.42 Å². The minimum absolute atomic E-state index is 0.163. The number of aryl methyl sites for hydroxylation is 1. The second-order valence-electron chi connectivity index (χ2n) is 4.13. The van der Waals surface area contributed by atoms with Crippen LogP contribution >= 0.6 is 0 Å². The van der Waals surface area contributed by atoms with Crippen LogP contribution < -0.4 is 5.73 Å².